The molecule has 2 fully saturated rings. The largest absolute Gasteiger partial charge is 0.497 e. The van der Waals surface area contributed by atoms with Gasteiger partial charge in [-0.2, -0.15) is 5.10 Å². The predicted octanol–water partition coefficient (Wildman–Crippen LogP) is 4.11. The van der Waals surface area contributed by atoms with E-state index in [-0.39, 0.29) is 16.7 Å². The van der Waals surface area contributed by atoms with E-state index >= 15 is 0 Å². The zero-order valence-electron chi connectivity index (χ0n) is 14.9. The molecule has 2 saturated carbocycles. The first kappa shape index (κ1) is 17.3. The van der Waals surface area contributed by atoms with E-state index in [2.05, 4.69) is 31.3 Å². The number of rotatable bonds is 5. The molecule has 24 heavy (non-hydrogen) atoms. The van der Waals surface area contributed by atoms with Gasteiger partial charge >= 0.3 is 0 Å². The highest BCUT2D eigenvalue weighted by molar-refractivity contribution is 8.00. The fourth-order valence-corrected chi connectivity index (χ4v) is 4.77. The number of hydrogen-bond donors (Lipinski definition) is 1. The highest BCUT2D eigenvalue weighted by Gasteiger charge is 2.59. The Hall–Kier alpha value is -1.49. The molecule has 130 valence electrons. The average Bonchev–Trinajstić information content (AvgIpc) is 2.91. The van der Waals surface area contributed by atoms with Gasteiger partial charge in [-0.3, -0.25) is 4.79 Å². The fraction of sp³-hybridized carbons (Fsp3) is 0.579. The van der Waals surface area contributed by atoms with Gasteiger partial charge in [0.2, 0.25) is 5.91 Å². The van der Waals surface area contributed by atoms with Crippen molar-refractivity contribution in [3.8, 4) is 5.75 Å². The Bertz CT molecular complexity index is 654. The first-order valence-corrected chi connectivity index (χ1v) is 9.48. The smallest absolute Gasteiger partial charge is 0.250 e. The number of methoxy groups -OCH3 is 1. The van der Waals surface area contributed by atoms with Crippen LogP contribution in [-0.2, 0) is 4.79 Å². The molecule has 2 aliphatic carbocycles. The molecular formula is C19H26N2O2S. The van der Waals surface area contributed by atoms with Crippen molar-refractivity contribution in [3.63, 3.8) is 0 Å². The summed E-state index contributed by atoms with van der Waals surface area (Å²) >= 11 is 1.51. The number of carbonyl (C=O) groups excluding carboxylic acids is 1. The van der Waals surface area contributed by atoms with Crippen molar-refractivity contribution < 1.29 is 9.53 Å². The quantitative estimate of drug-likeness (QED) is 0.645. The maximum atomic E-state index is 12.1. The van der Waals surface area contributed by atoms with Crippen LogP contribution in [0.4, 0.5) is 0 Å². The number of fused-ring (bicyclic) bond motifs is 2. The topological polar surface area (TPSA) is 50.7 Å². The van der Waals surface area contributed by atoms with Crippen molar-refractivity contribution in [2.45, 2.75) is 44.9 Å². The highest BCUT2D eigenvalue weighted by Crippen LogP contribution is 2.63. The minimum atomic E-state index is -0.0486. The van der Waals surface area contributed by atoms with E-state index in [9.17, 15) is 4.79 Å². The Morgan fingerprint density at radius 1 is 1.33 bits per heavy atom. The van der Waals surface area contributed by atoms with E-state index in [1.807, 2.05) is 24.3 Å². The number of benzene rings is 1. The van der Waals surface area contributed by atoms with E-state index in [4.69, 9.17) is 4.74 Å². The molecule has 5 heteroatoms. The molecule has 1 aromatic rings. The molecule has 1 amide bonds. The third-order valence-electron chi connectivity index (χ3n) is 6.26. The van der Waals surface area contributed by atoms with E-state index in [1.165, 1.54) is 30.3 Å². The van der Waals surface area contributed by atoms with Gasteiger partial charge in [0.25, 0.3) is 0 Å². The molecule has 2 bridgehead atoms. The third kappa shape index (κ3) is 2.94. The summed E-state index contributed by atoms with van der Waals surface area (Å²) in [6.07, 6.45) is 3.49. The van der Waals surface area contributed by atoms with Gasteiger partial charge in [-0.15, -0.1) is 11.8 Å². The number of carbonyl (C=O) groups is 1. The number of ether oxygens (including phenoxy) is 1. The lowest BCUT2D eigenvalue weighted by Gasteiger charge is -2.34. The normalized spacial score (nSPS) is 29.0. The molecular weight excluding hydrogens is 320 g/mol. The number of thioether (sulfide) groups is 1. The van der Waals surface area contributed by atoms with Crippen LogP contribution in [0.5, 0.6) is 5.75 Å². The standard InChI is InChI=1S/C19H26N2O2S/c1-18(2)13-9-10-19(18,3)16(11-13)20-21-17(22)12-24-15-7-5-14(23-4)6-8-15/h5-8,13H,9-12H2,1-4H3,(H,21,22)/b20-16-/t13-,19-/m1/s1. The summed E-state index contributed by atoms with van der Waals surface area (Å²) in [5.74, 6) is 1.84. The summed E-state index contributed by atoms with van der Waals surface area (Å²) in [7, 11) is 1.65. The highest BCUT2D eigenvalue weighted by atomic mass is 32.2. The Balaban J connectivity index is 1.54. The summed E-state index contributed by atoms with van der Waals surface area (Å²) in [6, 6.07) is 7.72. The minimum Gasteiger partial charge on any atom is -0.497 e. The van der Waals surface area contributed by atoms with Gasteiger partial charge in [-0.25, -0.2) is 5.43 Å². The summed E-state index contributed by atoms with van der Waals surface area (Å²) in [5, 5.41) is 4.50. The second-order valence-corrected chi connectivity index (χ2v) is 8.60. The van der Waals surface area contributed by atoms with Gasteiger partial charge in [0, 0.05) is 16.0 Å². The van der Waals surface area contributed by atoms with Crippen LogP contribution in [0.3, 0.4) is 0 Å². The Morgan fingerprint density at radius 2 is 2.04 bits per heavy atom. The van der Waals surface area contributed by atoms with Crippen molar-refractivity contribution in [3.05, 3.63) is 24.3 Å². The zero-order valence-corrected chi connectivity index (χ0v) is 15.7. The van der Waals surface area contributed by atoms with Gasteiger partial charge in [0.05, 0.1) is 12.9 Å². The first-order chi connectivity index (χ1) is 11.4. The van der Waals surface area contributed by atoms with Crippen LogP contribution >= 0.6 is 11.8 Å². The lowest BCUT2D eigenvalue weighted by Crippen LogP contribution is -2.34. The molecule has 0 spiro atoms. The van der Waals surface area contributed by atoms with Crippen LogP contribution in [-0.4, -0.2) is 24.5 Å². The van der Waals surface area contributed by atoms with Crippen LogP contribution in [0.15, 0.2) is 34.3 Å². The van der Waals surface area contributed by atoms with E-state index < -0.39 is 0 Å². The van der Waals surface area contributed by atoms with Gasteiger partial charge in [-0.1, -0.05) is 20.8 Å². The van der Waals surface area contributed by atoms with Gasteiger partial charge in [0.1, 0.15) is 5.75 Å². The zero-order chi connectivity index (χ0) is 17.4. The first-order valence-electron chi connectivity index (χ1n) is 8.49. The van der Waals surface area contributed by atoms with Crippen LogP contribution in [0.2, 0.25) is 0 Å². The molecule has 0 aliphatic heterocycles. The summed E-state index contributed by atoms with van der Waals surface area (Å²) in [4.78, 5) is 13.2. The van der Waals surface area contributed by atoms with Crippen LogP contribution in [0.25, 0.3) is 0 Å². The molecule has 2 atom stereocenters. The maximum absolute atomic E-state index is 12.1. The average molecular weight is 346 g/mol. The monoisotopic (exact) mass is 346 g/mol. The van der Waals surface area contributed by atoms with E-state index in [1.54, 1.807) is 7.11 Å². The van der Waals surface area contributed by atoms with Crippen molar-refractivity contribution >= 4 is 23.4 Å². The number of nitrogens with zero attached hydrogens (tertiary/aromatic N) is 1. The molecule has 0 heterocycles. The molecule has 3 rings (SSSR count). The third-order valence-corrected chi connectivity index (χ3v) is 7.27. The lowest BCUT2D eigenvalue weighted by atomic mass is 9.70. The number of amides is 1. The molecule has 0 aromatic heterocycles. The Morgan fingerprint density at radius 3 is 2.58 bits per heavy atom. The Kier molecular flexibility index (Phi) is 4.65. The number of hydrazone groups is 1. The van der Waals surface area contributed by atoms with Crippen molar-refractivity contribution in [2.75, 3.05) is 12.9 Å². The van der Waals surface area contributed by atoms with E-state index in [0.29, 0.717) is 11.7 Å². The molecule has 0 saturated heterocycles. The summed E-state index contributed by atoms with van der Waals surface area (Å²) in [6.45, 7) is 6.99. The van der Waals surface area contributed by atoms with Crippen molar-refractivity contribution in [2.24, 2.45) is 21.8 Å². The predicted molar refractivity (Wildman–Crippen MR) is 98.5 cm³/mol. The molecule has 4 nitrogen and oxygen atoms in total. The van der Waals surface area contributed by atoms with Crippen LogP contribution < -0.4 is 10.2 Å². The lowest BCUT2D eigenvalue weighted by molar-refractivity contribution is -0.118. The summed E-state index contributed by atoms with van der Waals surface area (Å²) < 4.78 is 5.13. The minimum absolute atomic E-state index is 0.0486. The van der Waals surface area contributed by atoms with Crippen LogP contribution in [0, 0.1) is 16.7 Å². The molecule has 0 unspecified atom stereocenters. The van der Waals surface area contributed by atoms with Crippen molar-refractivity contribution in [1.29, 1.82) is 0 Å². The fourth-order valence-electron chi connectivity index (χ4n) is 4.08. The molecule has 1 aromatic carbocycles. The van der Waals surface area contributed by atoms with Gasteiger partial charge in [0.15, 0.2) is 0 Å². The maximum Gasteiger partial charge on any atom is 0.250 e. The van der Waals surface area contributed by atoms with E-state index in [0.717, 1.165) is 17.1 Å². The van der Waals surface area contributed by atoms with Crippen molar-refractivity contribution in [1.82, 2.24) is 5.43 Å². The molecule has 2 aliphatic rings. The summed E-state index contributed by atoms with van der Waals surface area (Å²) in [5.41, 5.74) is 4.36. The SMILES string of the molecule is COc1ccc(SCC(=O)N/N=C2/C[C@H]3CC[C@@]2(C)C3(C)C)cc1. The Labute approximate surface area is 148 Å². The van der Waals surface area contributed by atoms with Gasteiger partial charge < -0.3 is 4.74 Å². The molecule has 1 N–H and O–H groups in total. The molecule has 0 radical (unpaired) electrons. The second kappa shape index (κ2) is 6.43. The van der Waals surface area contributed by atoms with Gasteiger partial charge in [-0.05, 0) is 54.9 Å². The number of nitrogens with one attached hydrogen (secondary N) is 1. The second-order valence-electron chi connectivity index (χ2n) is 7.55. The number of hydrogen-bond acceptors (Lipinski definition) is 4. The van der Waals surface area contributed by atoms with Crippen LogP contribution in [0.1, 0.15) is 40.0 Å².